The molecule has 4 rings (SSSR count). The zero-order chi connectivity index (χ0) is 15.4. The highest BCUT2D eigenvalue weighted by Crippen LogP contribution is 2.52. The van der Waals surface area contributed by atoms with Gasteiger partial charge in [0.1, 0.15) is 0 Å². The summed E-state index contributed by atoms with van der Waals surface area (Å²) in [6, 6.07) is 0. The van der Waals surface area contributed by atoms with Crippen molar-refractivity contribution in [2.45, 2.75) is 38.5 Å². The Hall–Kier alpha value is -1.72. The van der Waals surface area contributed by atoms with Crippen molar-refractivity contribution < 1.29 is 28.7 Å². The monoisotopic (exact) mass is 306 g/mol. The van der Waals surface area contributed by atoms with Gasteiger partial charge in [-0.05, 0) is 49.4 Å². The van der Waals surface area contributed by atoms with Crippen LogP contribution >= 0.6 is 0 Å². The number of ether oxygens (including phenoxy) is 2. The molecule has 2 heterocycles. The van der Waals surface area contributed by atoms with E-state index >= 15 is 0 Å². The molecule has 6 nitrogen and oxygen atoms in total. The van der Waals surface area contributed by atoms with Crippen molar-refractivity contribution in [3.8, 4) is 0 Å². The molecule has 0 radical (unpaired) electrons. The summed E-state index contributed by atoms with van der Waals surface area (Å²) in [6.07, 6.45) is 3.65. The van der Waals surface area contributed by atoms with Gasteiger partial charge in [-0.3, -0.25) is 19.2 Å². The molecule has 22 heavy (non-hydrogen) atoms. The maximum absolute atomic E-state index is 11.9. The first-order chi connectivity index (χ1) is 10.5. The van der Waals surface area contributed by atoms with Crippen LogP contribution in [0.4, 0.5) is 0 Å². The van der Waals surface area contributed by atoms with Crippen LogP contribution < -0.4 is 0 Å². The van der Waals surface area contributed by atoms with Crippen LogP contribution in [-0.2, 0) is 28.7 Å². The summed E-state index contributed by atoms with van der Waals surface area (Å²) in [7, 11) is 0. The van der Waals surface area contributed by atoms with E-state index in [1.165, 1.54) is 0 Å². The van der Waals surface area contributed by atoms with E-state index in [2.05, 4.69) is 0 Å². The molecule has 6 heteroatoms. The normalized spacial score (nSPS) is 44.4. The molecular formula is C16H18O6. The van der Waals surface area contributed by atoms with E-state index in [0.29, 0.717) is 31.6 Å². The van der Waals surface area contributed by atoms with Crippen molar-refractivity contribution in [3.05, 3.63) is 0 Å². The average Bonchev–Trinajstić information content (AvgIpc) is 2.43. The van der Waals surface area contributed by atoms with Gasteiger partial charge in [0.15, 0.2) is 0 Å². The van der Waals surface area contributed by atoms with Crippen molar-refractivity contribution in [2.24, 2.45) is 35.5 Å². The molecule has 0 aromatic rings. The summed E-state index contributed by atoms with van der Waals surface area (Å²) in [5, 5.41) is 0. The van der Waals surface area contributed by atoms with Gasteiger partial charge in [-0.25, -0.2) is 0 Å². The van der Waals surface area contributed by atoms with Gasteiger partial charge in [-0.1, -0.05) is 0 Å². The SMILES string of the molecule is O=C1CC2CC3CC4CC(=O)OC(=O)C4CC3CC2C(=O)O1. The van der Waals surface area contributed by atoms with Crippen LogP contribution in [0.5, 0.6) is 0 Å². The van der Waals surface area contributed by atoms with E-state index in [9.17, 15) is 19.2 Å². The fourth-order valence-electron chi connectivity index (χ4n) is 5.02. The molecule has 4 fully saturated rings. The summed E-state index contributed by atoms with van der Waals surface area (Å²) in [5.74, 6) is -1.26. The lowest BCUT2D eigenvalue weighted by Gasteiger charge is -2.48. The molecule has 118 valence electrons. The van der Waals surface area contributed by atoms with Crippen LogP contribution in [0, 0.1) is 35.5 Å². The summed E-state index contributed by atoms with van der Waals surface area (Å²) < 4.78 is 9.53. The van der Waals surface area contributed by atoms with Crippen molar-refractivity contribution >= 4 is 23.9 Å². The standard InChI is InChI=1S/C16H18O6/c17-13-5-9-1-7-2-10-6-14(18)22-16(20)12(10)4-8(7)3-11(9)15(19)21-13/h7-12H,1-6H2. The molecule has 4 aliphatic rings. The zero-order valence-corrected chi connectivity index (χ0v) is 12.2. The Kier molecular flexibility index (Phi) is 3.09. The number of rotatable bonds is 0. The predicted octanol–water partition coefficient (Wildman–Crippen LogP) is 1.22. The predicted molar refractivity (Wildman–Crippen MR) is 70.8 cm³/mol. The van der Waals surface area contributed by atoms with Crippen molar-refractivity contribution in [3.63, 3.8) is 0 Å². The van der Waals surface area contributed by atoms with E-state index in [-0.39, 0.29) is 29.6 Å². The van der Waals surface area contributed by atoms with Crippen LogP contribution in [0.1, 0.15) is 38.5 Å². The van der Waals surface area contributed by atoms with Gasteiger partial charge in [0.05, 0.1) is 11.8 Å². The van der Waals surface area contributed by atoms with Crippen LogP contribution in [0.25, 0.3) is 0 Å². The topological polar surface area (TPSA) is 86.7 Å². The lowest BCUT2D eigenvalue weighted by molar-refractivity contribution is -0.178. The first-order valence-electron chi connectivity index (χ1n) is 8.00. The fourth-order valence-corrected chi connectivity index (χ4v) is 5.02. The Morgan fingerprint density at radius 3 is 1.45 bits per heavy atom. The Balaban J connectivity index is 1.53. The Morgan fingerprint density at radius 1 is 0.591 bits per heavy atom. The van der Waals surface area contributed by atoms with Gasteiger partial charge >= 0.3 is 23.9 Å². The molecule has 0 aromatic heterocycles. The second kappa shape index (κ2) is 4.89. The molecular weight excluding hydrogens is 288 g/mol. The molecule has 4 unspecified atom stereocenters. The van der Waals surface area contributed by atoms with Crippen LogP contribution in [0.3, 0.4) is 0 Å². The third-order valence-corrected chi connectivity index (χ3v) is 6.02. The van der Waals surface area contributed by atoms with Gasteiger partial charge in [-0.2, -0.15) is 0 Å². The van der Waals surface area contributed by atoms with E-state index in [4.69, 9.17) is 9.47 Å². The molecule has 0 bridgehead atoms. The number of carbonyl (C=O) groups is 4. The second-order valence-electron chi connectivity index (χ2n) is 7.19. The highest BCUT2D eigenvalue weighted by Gasteiger charge is 2.51. The molecule has 0 N–H and O–H groups in total. The minimum atomic E-state index is -0.421. The Labute approximate surface area is 127 Å². The summed E-state index contributed by atoms with van der Waals surface area (Å²) in [6.45, 7) is 0. The number of fused-ring (bicyclic) bond motifs is 3. The van der Waals surface area contributed by atoms with Gasteiger partial charge in [0.25, 0.3) is 0 Å². The molecule has 4 atom stereocenters. The smallest absolute Gasteiger partial charge is 0.316 e. The minimum Gasteiger partial charge on any atom is -0.393 e. The van der Waals surface area contributed by atoms with Crippen LogP contribution in [0.2, 0.25) is 0 Å². The highest BCUT2D eigenvalue weighted by molar-refractivity contribution is 5.91. The van der Waals surface area contributed by atoms with Gasteiger partial charge in [0, 0.05) is 12.8 Å². The van der Waals surface area contributed by atoms with Crippen molar-refractivity contribution in [2.75, 3.05) is 0 Å². The number of esters is 4. The van der Waals surface area contributed by atoms with Crippen molar-refractivity contribution in [1.29, 1.82) is 0 Å². The number of hydrogen-bond donors (Lipinski definition) is 0. The minimum absolute atomic E-state index is 0.0674. The van der Waals surface area contributed by atoms with E-state index in [1.807, 2.05) is 0 Å². The lowest BCUT2D eigenvalue weighted by atomic mass is 9.57. The molecule has 0 amide bonds. The zero-order valence-electron chi connectivity index (χ0n) is 12.2. The number of hydrogen-bond acceptors (Lipinski definition) is 6. The Morgan fingerprint density at radius 2 is 1.00 bits per heavy atom. The maximum atomic E-state index is 11.9. The Bertz CT molecular complexity index is 519. The summed E-state index contributed by atoms with van der Waals surface area (Å²) in [4.78, 5) is 46.8. The third-order valence-electron chi connectivity index (χ3n) is 6.02. The molecule has 2 saturated heterocycles. The van der Waals surface area contributed by atoms with E-state index < -0.39 is 23.9 Å². The van der Waals surface area contributed by atoms with Crippen LogP contribution in [0.15, 0.2) is 0 Å². The summed E-state index contributed by atoms with van der Waals surface area (Å²) in [5.41, 5.74) is 0. The average molecular weight is 306 g/mol. The number of carbonyl (C=O) groups excluding carboxylic acids is 4. The first-order valence-corrected chi connectivity index (χ1v) is 8.00. The van der Waals surface area contributed by atoms with E-state index in [1.54, 1.807) is 0 Å². The second-order valence-corrected chi connectivity index (χ2v) is 7.19. The largest absolute Gasteiger partial charge is 0.393 e. The van der Waals surface area contributed by atoms with Gasteiger partial charge < -0.3 is 9.47 Å². The maximum Gasteiger partial charge on any atom is 0.316 e. The van der Waals surface area contributed by atoms with Crippen molar-refractivity contribution in [1.82, 2.24) is 0 Å². The first kappa shape index (κ1) is 13.9. The molecule has 0 spiro atoms. The quantitative estimate of drug-likeness (QED) is 0.494. The van der Waals surface area contributed by atoms with Crippen LogP contribution in [-0.4, -0.2) is 23.9 Å². The molecule has 2 aliphatic heterocycles. The highest BCUT2D eigenvalue weighted by atomic mass is 16.6. The van der Waals surface area contributed by atoms with Gasteiger partial charge in [-0.15, -0.1) is 0 Å². The van der Waals surface area contributed by atoms with Gasteiger partial charge in [0.2, 0.25) is 0 Å². The fraction of sp³-hybridized carbons (Fsp3) is 0.750. The molecule has 0 aromatic carbocycles. The van der Waals surface area contributed by atoms with E-state index in [0.717, 1.165) is 12.8 Å². The summed E-state index contributed by atoms with van der Waals surface area (Å²) >= 11 is 0. The third kappa shape index (κ3) is 2.16. The number of cyclic esters (lactones) is 4. The molecule has 2 aliphatic carbocycles. The molecule has 2 saturated carbocycles. The lowest BCUT2D eigenvalue weighted by Crippen LogP contribution is -2.48.